The molecule has 0 atom stereocenters. The molecule has 1 saturated carbocycles. The molecule has 0 heterocycles. The summed E-state index contributed by atoms with van der Waals surface area (Å²) in [5.74, 6) is 0.753. The summed E-state index contributed by atoms with van der Waals surface area (Å²) < 4.78 is 0. The molecular formula is C15H21NO2. The van der Waals surface area contributed by atoms with Gasteiger partial charge in [-0.2, -0.15) is 0 Å². The van der Waals surface area contributed by atoms with E-state index in [0.29, 0.717) is 5.92 Å². The van der Waals surface area contributed by atoms with Gasteiger partial charge in [-0.1, -0.05) is 0 Å². The van der Waals surface area contributed by atoms with Crippen LogP contribution < -0.4 is 5.32 Å². The lowest BCUT2D eigenvalue weighted by Gasteiger charge is -2.25. The van der Waals surface area contributed by atoms with Crippen LogP contribution in [0.4, 0.5) is 5.69 Å². The zero-order chi connectivity index (χ0) is 13.0. The number of rotatable bonds is 4. The number of hydrogen-bond donors (Lipinski definition) is 2. The predicted octanol–water partition coefficient (Wildman–Crippen LogP) is 2.85. The normalized spacial score (nSPS) is 23.7. The minimum Gasteiger partial charge on any atom is -0.393 e. The predicted molar refractivity (Wildman–Crippen MR) is 72.9 cm³/mol. The van der Waals surface area contributed by atoms with E-state index in [9.17, 15) is 9.90 Å². The van der Waals surface area contributed by atoms with Crippen molar-refractivity contribution in [3.8, 4) is 0 Å². The first-order valence-corrected chi connectivity index (χ1v) is 6.68. The second-order valence-corrected chi connectivity index (χ2v) is 5.19. The first-order chi connectivity index (χ1) is 8.65. The van der Waals surface area contributed by atoms with E-state index in [1.54, 1.807) is 6.92 Å². The number of carbonyl (C=O) groups is 1. The van der Waals surface area contributed by atoms with Gasteiger partial charge in [0.2, 0.25) is 0 Å². The maximum atomic E-state index is 11.1. The molecule has 0 aromatic heterocycles. The van der Waals surface area contributed by atoms with Crippen LogP contribution in [0.25, 0.3) is 0 Å². The van der Waals surface area contributed by atoms with Crippen molar-refractivity contribution in [2.24, 2.45) is 5.92 Å². The third-order valence-electron chi connectivity index (χ3n) is 3.70. The molecule has 2 rings (SSSR count). The first kappa shape index (κ1) is 13.1. The van der Waals surface area contributed by atoms with Crippen molar-refractivity contribution in [1.29, 1.82) is 0 Å². The van der Waals surface area contributed by atoms with E-state index in [1.165, 1.54) is 0 Å². The molecule has 1 aromatic carbocycles. The number of aliphatic hydroxyl groups excluding tert-OH is 1. The monoisotopic (exact) mass is 247 g/mol. The average Bonchev–Trinajstić information content (AvgIpc) is 2.38. The standard InChI is InChI=1S/C15H21NO2/c1-11(17)13-4-6-14(7-5-13)16-10-12-2-8-15(18)9-3-12/h4-7,12,15-16,18H,2-3,8-10H2,1H3. The van der Waals surface area contributed by atoms with E-state index in [2.05, 4.69) is 5.32 Å². The van der Waals surface area contributed by atoms with E-state index in [-0.39, 0.29) is 11.9 Å². The number of nitrogens with one attached hydrogen (secondary N) is 1. The summed E-state index contributed by atoms with van der Waals surface area (Å²) in [6, 6.07) is 7.62. The van der Waals surface area contributed by atoms with Crippen LogP contribution in [0.3, 0.4) is 0 Å². The van der Waals surface area contributed by atoms with Crippen molar-refractivity contribution in [1.82, 2.24) is 0 Å². The summed E-state index contributed by atoms with van der Waals surface area (Å²) in [6.07, 6.45) is 3.96. The highest BCUT2D eigenvalue weighted by Gasteiger charge is 2.18. The van der Waals surface area contributed by atoms with Gasteiger partial charge in [0.25, 0.3) is 0 Å². The number of hydrogen-bond acceptors (Lipinski definition) is 3. The Morgan fingerprint density at radius 2 is 1.83 bits per heavy atom. The largest absolute Gasteiger partial charge is 0.393 e. The van der Waals surface area contributed by atoms with Crippen molar-refractivity contribution in [3.63, 3.8) is 0 Å². The topological polar surface area (TPSA) is 49.3 Å². The smallest absolute Gasteiger partial charge is 0.159 e. The number of anilines is 1. The van der Waals surface area contributed by atoms with E-state index in [4.69, 9.17) is 0 Å². The molecule has 18 heavy (non-hydrogen) atoms. The average molecular weight is 247 g/mol. The van der Waals surface area contributed by atoms with Crippen LogP contribution >= 0.6 is 0 Å². The highest BCUT2D eigenvalue weighted by molar-refractivity contribution is 5.94. The fraction of sp³-hybridized carbons (Fsp3) is 0.533. The second-order valence-electron chi connectivity index (χ2n) is 5.19. The third kappa shape index (κ3) is 3.57. The van der Waals surface area contributed by atoms with Gasteiger partial charge in [-0.25, -0.2) is 0 Å². The maximum absolute atomic E-state index is 11.1. The molecule has 0 unspecified atom stereocenters. The quantitative estimate of drug-likeness (QED) is 0.804. The Kier molecular flexibility index (Phi) is 4.37. The molecule has 0 bridgehead atoms. The van der Waals surface area contributed by atoms with Crippen LogP contribution in [-0.2, 0) is 0 Å². The Balaban J connectivity index is 1.81. The molecular weight excluding hydrogens is 226 g/mol. The lowest BCUT2D eigenvalue weighted by molar-refractivity contribution is 0.101. The number of aliphatic hydroxyl groups is 1. The molecule has 2 N–H and O–H groups in total. The lowest BCUT2D eigenvalue weighted by Crippen LogP contribution is -2.23. The Morgan fingerprint density at radius 3 is 2.39 bits per heavy atom. The fourth-order valence-electron chi connectivity index (χ4n) is 2.43. The zero-order valence-corrected chi connectivity index (χ0v) is 10.9. The molecule has 1 fully saturated rings. The van der Waals surface area contributed by atoms with Gasteiger partial charge in [0, 0.05) is 17.8 Å². The van der Waals surface area contributed by atoms with Gasteiger partial charge in [0.05, 0.1) is 6.10 Å². The van der Waals surface area contributed by atoms with Crippen molar-refractivity contribution in [3.05, 3.63) is 29.8 Å². The van der Waals surface area contributed by atoms with Crippen LogP contribution in [0.5, 0.6) is 0 Å². The third-order valence-corrected chi connectivity index (χ3v) is 3.70. The molecule has 1 aliphatic rings. The van der Waals surface area contributed by atoms with Crippen molar-refractivity contribution < 1.29 is 9.90 Å². The molecule has 1 aliphatic carbocycles. The van der Waals surface area contributed by atoms with Gasteiger partial charge in [-0.05, 0) is 62.8 Å². The molecule has 0 amide bonds. The van der Waals surface area contributed by atoms with Crippen LogP contribution in [0.15, 0.2) is 24.3 Å². The molecule has 0 radical (unpaired) electrons. The molecule has 3 nitrogen and oxygen atoms in total. The summed E-state index contributed by atoms with van der Waals surface area (Å²) in [4.78, 5) is 11.1. The molecule has 0 spiro atoms. The zero-order valence-electron chi connectivity index (χ0n) is 10.9. The summed E-state index contributed by atoms with van der Waals surface area (Å²) in [5.41, 5.74) is 1.81. The molecule has 3 heteroatoms. The summed E-state index contributed by atoms with van der Waals surface area (Å²) in [5, 5.41) is 12.8. The first-order valence-electron chi connectivity index (χ1n) is 6.68. The van der Waals surface area contributed by atoms with Crippen molar-refractivity contribution in [2.45, 2.75) is 38.7 Å². The van der Waals surface area contributed by atoms with E-state index < -0.39 is 0 Å². The van der Waals surface area contributed by atoms with E-state index >= 15 is 0 Å². The molecule has 98 valence electrons. The maximum Gasteiger partial charge on any atom is 0.159 e. The SMILES string of the molecule is CC(=O)c1ccc(NCC2CCC(O)CC2)cc1. The Morgan fingerprint density at radius 1 is 1.22 bits per heavy atom. The van der Waals surface area contributed by atoms with Crippen LogP contribution in [0.2, 0.25) is 0 Å². The molecule has 1 aromatic rings. The minimum absolute atomic E-state index is 0.0869. The Bertz CT molecular complexity index is 391. The van der Waals surface area contributed by atoms with Crippen LogP contribution in [0.1, 0.15) is 43.0 Å². The van der Waals surface area contributed by atoms with Crippen LogP contribution in [0, 0.1) is 5.92 Å². The summed E-state index contributed by atoms with van der Waals surface area (Å²) in [7, 11) is 0. The Labute approximate surface area is 108 Å². The number of benzene rings is 1. The van der Waals surface area contributed by atoms with Crippen molar-refractivity contribution in [2.75, 3.05) is 11.9 Å². The summed E-state index contributed by atoms with van der Waals surface area (Å²) in [6.45, 7) is 2.53. The van der Waals surface area contributed by atoms with Gasteiger partial charge in [-0.15, -0.1) is 0 Å². The van der Waals surface area contributed by atoms with E-state index in [1.807, 2.05) is 24.3 Å². The number of ketones is 1. The van der Waals surface area contributed by atoms with E-state index in [0.717, 1.165) is 43.5 Å². The van der Waals surface area contributed by atoms with Gasteiger partial charge in [0.15, 0.2) is 5.78 Å². The van der Waals surface area contributed by atoms with Crippen molar-refractivity contribution >= 4 is 11.5 Å². The minimum atomic E-state index is -0.0869. The van der Waals surface area contributed by atoms with Gasteiger partial charge < -0.3 is 10.4 Å². The van der Waals surface area contributed by atoms with Gasteiger partial charge >= 0.3 is 0 Å². The second kappa shape index (κ2) is 6.01. The van der Waals surface area contributed by atoms with Crippen LogP contribution in [-0.4, -0.2) is 23.5 Å². The highest BCUT2D eigenvalue weighted by atomic mass is 16.3. The molecule has 0 saturated heterocycles. The fourth-order valence-corrected chi connectivity index (χ4v) is 2.43. The Hall–Kier alpha value is -1.35. The molecule has 0 aliphatic heterocycles. The lowest BCUT2D eigenvalue weighted by atomic mass is 9.87. The summed E-state index contributed by atoms with van der Waals surface area (Å²) >= 11 is 0. The highest BCUT2D eigenvalue weighted by Crippen LogP contribution is 2.24. The number of carbonyl (C=O) groups excluding carboxylic acids is 1. The van der Waals surface area contributed by atoms with Gasteiger partial charge in [-0.3, -0.25) is 4.79 Å². The number of Topliss-reactive ketones (excluding diaryl/α,β-unsaturated/α-hetero) is 1. The van der Waals surface area contributed by atoms with Gasteiger partial charge in [0.1, 0.15) is 0 Å².